The van der Waals surface area contributed by atoms with Crippen LogP contribution in [0.5, 0.6) is 0 Å². The van der Waals surface area contributed by atoms with E-state index in [9.17, 15) is 0 Å². The van der Waals surface area contributed by atoms with Gasteiger partial charge in [-0.1, -0.05) is 0 Å². The van der Waals surface area contributed by atoms with E-state index in [0.29, 0.717) is 11.2 Å². The summed E-state index contributed by atoms with van der Waals surface area (Å²) >= 11 is 5.10. The highest BCUT2D eigenvalue weighted by Gasteiger charge is 2.00. The summed E-state index contributed by atoms with van der Waals surface area (Å²) in [5, 5.41) is 10.9. The van der Waals surface area contributed by atoms with Crippen molar-refractivity contribution in [1.82, 2.24) is 15.1 Å². The number of thiocarbonyl (C=S) groups is 1. The van der Waals surface area contributed by atoms with Gasteiger partial charge in [-0.05, 0) is 33.0 Å². The van der Waals surface area contributed by atoms with Crippen LogP contribution in [0.4, 0.5) is 5.69 Å². The van der Waals surface area contributed by atoms with E-state index >= 15 is 0 Å². The van der Waals surface area contributed by atoms with Crippen molar-refractivity contribution >= 4 is 23.0 Å². The average molecular weight is 212 g/mol. The molecule has 1 aromatic rings. The Morgan fingerprint density at radius 1 is 1.64 bits per heavy atom. The normalized spacial score (nSPS) is 10.3. The van der Waals surface area contributed by atoms with Gasteiger partial charge in [0.05, 0.1) is 11.9 Å². The molecule has 1 rings (SSSR count). The summed E-state index contributed by atoms with van der Waals surface area (Å²) in [6, 6.07) is 0.344. The number of aryl methyl sites for hydroxylation is 1. The van der Waals surface area contributed by atoms with Crippen molar-refractivity contribution in [3.63, 3.8) is 0 Å². The van der Waals surface area contributed by atoms with Crippen LogP contribution < -0.4 is 10.6 Å². The van der Waals surface area contributed by atoms with Gasteiger partial charge in [0, 0.05) is 18.8 Å². The van der Waals surface area contributed by atoms with E-state index in [1.807, 2.05) is 31.6 Å². The quantitative estimate of drug-likeness (QED) is 0.747. The highest BCUT2D eigenvalue weighted by Crippen LogP contribution is 2.04. The van der Waals surface area contributed by atoms with Crippen LogP contribution in [0.1, 0.15) is 20.8 Å². The number of hydrogen-bond donors (Lipinski definition) is 2. The Kier molecular flexibility index (Phi) is 3.88. The number of anilines is 1. The van der Waals surface area contributed by atoms with Gasteiger partial charge in [0.2, 0.25) is 0 Å². The zero-order valence-corrected chi connectivity index (χ0v) is 9.56. The summed E-state index contributed by atoms with van der Waals surface area (Å²) in [6.07, 6.45) is 3.69. The van der Waals surface area contributed by atoms with Gasteiger partial charge in [-0.15, -0.1) is 0 Å². The molecular formula is C9H16N4S. The number of nitrogens with one attached hydrogen (secondary N) is 2. The molecule has 0 spiro atoms. The van der Waals surface area contributed by atoms with Gasteiger partial charge in [-0.3, -0.25) is 4.68 Å². The van der Waals surface area contributed by atoms with E-state index < -0.39 is 0 Å². The monoisotopic (exact) mass is 212 g/mol. The molecule has 1 heterocycles. The zero-order valence-electron chi connectivity index (χ0n) is 8.74. The average Bonchev–Trinajstić information content (AvgIpc) is 2.50. The molecule has 0 radical (unpaired) electrons. The lowest BCUT2D eigenvalue weighted by molar-refractivity contribution is 0.660. The van der Waals surface area contributed by atoms with Crippen LogP contribution in [0.3, 0.4) is 0 Å². The summed E-state index contributed by atoms with van der Waals surface area (Å²) in [5.41, 5.74) is 0.921. The lowest BCUT2D eigenvalue weighted by atomic mass is 10.4. The van der Waals surface area contributed by atoms with Crippen molar-refractivity contribution in [2.45, 2.75) is 33.4 Å². The van der Waals surface area contributed by atoms with Crippen molar-refractivity contribution < 1.29 is 0 Å². The molecule has 0 unspecified atom stereocenters. The molecule has 0 amide bonds. The number of nitrogens with zero attached hydrogens (tertiary/aromatic N) is 2. The van der Waals surface area contributed by atoms with Crippen LogP contribution in [0, 0.1) is 0 Å². The number of rotatable bonds is 3. The Labute approximate surface area is 89.7 Å². The minimum Gasteiger partial charge on any atom is -0.360 e. The third-order valence-corrected chi connectivity index (χ3v) is 1.85. The summed E-state index contributed by atoms with van der Waals surface area (Å²) in [4.78, 5) is 0. The van der Waals surface area contributed by atoms with Gasteiger partial charge in [0.25, 0.3) is 0 Å². The predicted molar refractivity (Wildman–Crippen MR) is 62.4 cm³/mol. The smallest absolute Gasteiger partial charge is 0.171 e. The van der Waals surface area contributed by atoms with Crippen LogP contribution in [0.2, 0.25) is 0 Å². The first-order valence-corrected chi connectivity index (χ1v) is 5.12. The Balaban J connectivity index is 2.47. The minimum atomic E-state index is 0.344. The van der Waals surface area contributed by atoms with Gasteiger partial charge in [0.1, 0.15) is 0 Å². The van der Waals surface area contributed by atoms with Gasteiger partial charge < -0.3 is 10.6 Å². The second kappa shape index (κ2) is 4.95. The van der Waals surface area contributed by atoms with Gasteiger partial charge >= 0.3 is 0 Å². The molecule has 78 valence electrons. The first-order valence-electron chi connectivity index (χ1n) is 4.71. The molecule has 14 heavy (non-hydrogen) atoms. The van der Waals surface area contributed by atoms with Gasteiger partial charge in [-0.2, -0.15) is 5.10 Å². The van der Waals surface area contributed by atoms with Crippen molar-refractivity contribution in [2.24, 2.45) is 0 Å². The standard InChI is InChI=1S/C9H16N4S/c1-4-13-6-8(5-10-13)12-9(14)11-7(2)3/h5-7H,4H2,1-3H3,(H2,11,12,14). The van der Waals surface area contributed by atoms with Gasteiger partial charge in [0.15, 0.2) is 5.11 Å². The maximum absolute atomic E-state index is 5.10. The predicted octanol–water partition coefficient (Wildman–Crippen LogP) is 1.60. The Bertz CT molecular complexity index is 306. The van der Waals surface area contributed by atoms with E-state index in [1.54, 1.807) is 6.20 Å². The van der Waals surface area contributed by atoms with Crippen molar-refractivity contribution in [2.75, 3.05) is 5.32 Å². The fraction of sp³-hybridized carbons (Fsp3) is 0.556. The Morgan fingerprint density at radius 2 is 2.36 bits per heavy atom. The maximum Gasteiger partial charge on any atom is 0.171 e. The summed E-state index contributed by atoms with van der Waals surface area (Å²) < 4.78 is 1.85. The third kappa shape index (κ3) is 3.33. The van der Waals surface area contributed by atoms with Crippen LogP contribution in [-0.4, -0.2) is 20.9 Å². The van der Waals surface area contributed by atoms with E-state index in [2.05, 4.69) is 15.7 Å². The molecular weight excluding hydrogens is 196 g/mol. The second-order valence-electron chi connectivity index (χ2n) is 3.34. The highest BCUT2D eigenvalue weighted by atomic mass is 32.1. The molecule has 0 aliphatic heterocycles. The molecule has 0 saturated carbocycles. The molecule has 0 atom stereocenters. The maximum atomic E-state index is 5.10. The van der Waals surface area contributed by atoms with E-state index in [-0.39, 0.29) is 0 Å². The highest BCUT2D eigenvalue weighted by molar-refractivity contribution is 7.80. The largest absolute Gasteiger partial charge is 0.360 e. The Hall–Kier alpha value is -1.10. The number of hydrogen-bond acceptors (Lipinski definition) is 2. The third-order valence-electron chi connectivity index (χ3n) is 1.63. The van der Waals surface area contributed by atoms with E-state index in [1.165, 1.54) is 0 Å². The number of aromatic nitrogens is 2. The molecule has 0 aromatic carbocycles. The molecule has 5 heteroatoms. The van der Waals surface area contributed by atoms with Gasteiger partial charge in [-0.25, -0.2) is 0 Å². The van der Waals surface area contributed by atoms with Crippen LogP contribution >= 0.6 is 12.2 Å². The molecule has 0 aliphatic rings. The first kappa shape index (κ1) is 11.0. The van der Waals surface area contributed by atoms with Crippen LogP contribution in [-0.2, 0) is 6.54 Å². The van der Waals surface area contributed by atoms with Crippen molar-refractivity contribution in [3.05, 3.63) is 12.4 Å². The zero-order chi connectivity index (χ0) is 10.6. The molecule has 0 bridgehead atoms. The minimum absolute atomic E-state index is 0.344. The van der Waals surface area contributed by atoms with Crippen molar-refractivity contribution in [3.8, 4) is 0 Å². The lowest BCUT2D eigenvalue weighted by Crippen LogP contribution is -2.33. The van der Waals surface area contributed by atoms with Crippen molar-refractivity contribution in [1.29, 1.82) is 0 Å². The summed E-state index contributed by atoms with van der Waals surface area (Å²) in [5.74, 6) is 0. The topological polar surface area (TPSA) is 41.9 Å². The molecule has 0 fully saturated rings. The van der Waals surface area contributed by atoms with E-state index in [4.69, 9.17) is 12.2 Å². The molecule has 1 aromatic heterocycles. The first-order chi connectivity index (χ1) is 6.61. The molecule has 0 saturated heterocycles. The fourth-order valence-corrected chi connectivity index (χ4v) is 1.38. The second-order valence-corrected chi connectivity index (χ2v) is 3.75. The SMILES string of the molecule is CCn1cc(NC(=S)NC(C)C)cn1. The molecule has 2 N–H and O–H groups in total. The fourth-order valence-electron chi connectivity index (χ4n) is 1.03. The summed E-state index contributed by atoms with van der Waals surface area (Å²) in [7, 11) is 0. The molecule has 0 aliphatic carbocycles. The lowest BCUT2D eigenvalue weighted by Gasteiger charge is -2.11. The Morgan fingerprint density at radius 3 is 2.86 bits per heavy atom. The van der Waals surface area contributed by atoms with E-state index in [0.717, 1.165) is 12.2 Å². The summed E-state index contributed by atoms with van der Waals surface area (Å²) in [6.45, 7) is 7.00. The van der Waals surface area contributed by atoms with Crippen LogP contribution in [0.25, 0.3) is 0 Å². The van der Waals surface area contributed by atoms with Crippen LogP contribution in [0.15, 0.2) is 12.4 Å². The molecule has 4 nitrogen and oxygen atoms in total.